The number of unbranched alkanes of at least 4 members (excludes halogenated alkanes) is 1. The molecule has 0 aromatic rings. The summed E-state index contributed by atoms with van der Waals surface area (Å²) >= 11 is 0. The standard InChI is InChI=1S/C8H15NO2.C7H13NO3/c1-7(2)8(11)9-5-3-4-6-10;1-2-7(11)8(3-5-9)4-6-10/h10H,1,3-6H2,2H3,(H,9,11);2,9-10H,1,3-6H2. The van der Waals surface area contributed by atoms with Gasteiger partial charge in [-0.1, -0.05) is 13.2 Å². The maximum absolute atomic E-state index is 10.9. The molecule has 0 fully saturated rings. The number of hydrogen-bond acceptors (Lipinski definition) is 5. The molecule has 0 spiro atoms. The van der Waals surface area contributed by atoms with E-state index in [-0.39, 0.29) is 44.7 Å². The molecule has 0 radical (unpaired) electrons. The Morgan fingerprint density at radius 1 is 1.09 bits per heavy atom. The SMILES string of the molecule is C=C(C)C(=O)NCCCCO.C=CC(=O)N(CCO)CCO. The number of hydrogen-bond donors (Lipinski definition) is 4. The Labute approximate surface area is 131 Å². The normalized spacial score (nSPS) is 9.27. The Kier molecular flexibility index (Phi) is 16.1. The highest BCUT2D eigenvalue weighted by Gasteiger charge is 2.06. The highest BCUT2D eigenvalue weighted by Crippen LogP contribution is 1.89. The van der Waals surface area contributed by atoms with Gasteiger partial charge in [0.1, 0.15) is 0 Å². The number of aliphatic hydroxyl groups is 3. The number of nitrogens with one attached hydrogen (secondary N) is 1. The molecule has 4 N–H and O–H groups in total. The molecule has 0 heterocycles. The third-order valence-electron chi connectivity index (χ3n) is 2.48. The maximum Gasteiger partial charge on any atom is 0.246 e. The van der Waals surface area contributed by atoms with Crippen molar-refractivity contribution in [2.45, 2.75) is 19.8 Å². The lowest BCUT2D eigenvalue weighted by atomic mass is 10.3. The summed E-state index contributed by atoms with van der Waals surface area (Å²) in [5.74, 6) is -0.379. The van der Waals surface area contributed by atoms with Gasteiger partial charge in [0.05, 0.1) is 13.2 Å². The minimum absolute atomic E-state index is 0.0976. The van der Waals surface area contributed by atoms with Gasteiger partial charge < -0.3 is 25.5 Å². The fraction of sp³-hybridized carbons (Fsp3) is 0.600. The molecule has 7 heteroatoms. The Morgan fingerprint density at radius 2 is 1.64 bits per heavy atom. The van der Waals surface area contributed by atoms with Gasteiger partial charge in [0.25, 0.3) is 0 Å². The van der Waals surface area contributed by atoms with Gasteiger partial charge in [-0.05, 0) is 25.8 Å². The molecule has 0 saturated carbocycles. The summed E-state index contributed by atoms with van der Waals surface area (Å²) in [5, 5.41) is 28.1. The van der Waals surface area contributed by atoms with Crippen LogP contribution >= 0.6 is 0 Å². The summed E-state index contributed by atoms with van der Waals surface area (Å²) in [6.07, 6.45) is 2.71. The van der Waals surface area contributed by atoms with Gasteiger partial charge in [-0.2, -0.15) is 0 Å². The zero-order valence-electron chi connectivity index (χ0n) is 13.3. The molecule has 0 aromatic heterocycles. The summed E-state index contributed by atoms with van der Waals surface area (Å²) in [6.45, 7) is 9.54. The molecule has 0 bridgehead atoms. The minimum atomic E-state index is -0.270. The van der Waals surface area contributed by atoms with Crippen LogP contribution in [0.3, 0.4) is 0 Å². The average Bonchev–Trinajstić information content (AvgIpc) is 2.50. The molecule has 128 valence electrons. The van der Waals surface area contributed by atoms with Crippen LogP contribution in [-0.4, -0.2) is 71.5 Å². The molecule has 0 aliphatic rings. The van der Waals surface area contributed by atoms with Crippen LogP contribution in [-0.2, 0) is 9.59 Å². The van der Waals surface area contributed by atoms with Crippen LogP contribution in [0.25, 0.3) is 0 Å². The van der Waals surface area contributed by atoms with Crippen LogP contribution in [0.15, 0.2) is 24.8 Å². The monoisotopic (exact) mass is 316 g/mol. The van der Waals surface area contributed by atoms with Crippen LogP contribution < -0.4 is 5.32 Å². The van der Waals surface area contributed by atoms with E-state index in [1.807, 2.05) is 0 Å². The number of rotatable bonds is 10. The van der Waals surface area contributed by atoms with Gasteiger partial charge in [0, 0.05) is 31.8 Å². The first-order chi connectivity index (χ1) is 10.4. The van der Waals surface area contributed by atoms with Crippen LogP contribution in [0.4, 0.5) is 0 Å². The summed E-state index contributed by atoms with van der Waals surface area (Å²) < 4.78 is 0. The van der Waals surface area contributed by atoms with Crippen LogP contribution in [0, 0.1) is 0 Å². The Balaban J connectivity index is 0. The molecular weight excluding hydrogens is 288 g/mol. The van der Waals surface area contributed by atoms with Crippen molar-refractivity contribution in [3.8, 4) is 0 Å². The average molecular weight is 316 g/mol. The van der Waals surface area contributed by atoms with E-state index in [4.69, 9.17) is 15.3 Å². The fourth-order valence-corrected chi connectivity index (χ4v) is 1.29. The molecule has 0 aliphatic heterocycles. The molecule has 0 aromatic carbocycles. The quantitative estimate of drug-likeness (QED) is 0.319. The van der Waals surface area contributed by atoms with Gasteiger partial charge >= 0.3 is 0 Å². The highest BCUT2D eigenvalue weighted by molar-refractivity contribution is 5.92. The molecule has 0 saturated heterocycles. The van der Waals surface area contributed by atoms with Crippen molar-refractivity contribution in [2.75, 3.05) is 39.5 Å². The van der Waals surface area contributed by atoms with Crippen LogP contribution in [0.2, 0.25) is 0 Å². The number of nitrogens with zero attached hydrogens (tertiary/aromatic N) is 1. The van der Waals surface area contributed by atoms with E-state index in [1.54, 1.807) is 6.92 Å². The van der Waals surface area contributed by atoms with Crippen molar-refractivity contribution < 1.29 is 24.9 Å². The first-order valence-corrected chi connectivity index (χ1v) is 7.12. The molecule has 0 unspecified atom stereocenters. The lowest BCUT2D eigenvalue weighted by Crippen LogP contribution is -2.34. The van der Waals surface area contributed by atoms with Gasteiger partial charge in [-0.3, -0.25) is 9.59 Å². The van der Waals surface area contributed by atoms with Crippen molar-refractivity contribution in [3.63, 3.8) is 0 Å². The van der Waals surface area contributed by atoms with Crippen molar-refractivity contribution in [1.29, 1.82) is 0 Å². The zero-order chi connectivity index (χ0) is 17.4. The van der Waals surface area contributed by atoms with E-state index in [2.05, 4.69) is 18.5 Å². The van der Waals surface area contributed by atoms with Crippen molar-refractivity contribution in [3.05, 3.63) is 24.8 Å². The first kappa shape index (κ1) is 22.6. The first-order valence-electron chi connectivity index (χ1n) is 7.12. The molecule has 2 amide bonds. The van der Waals surface area contributed by atoms with E-state index < -0.39 is 0 Å². The second-order valence-electron chi connectivity index (χ2n) is 4.44. The number of aliphatic hydroxyl groups excluding tert-OH is 3. The van der Waals surface area contributed by atoms with E-state index in [1.165, 1.54) is 4.90 Å². The number of carbonyl (C=O) groups is 2. The summed E-state index contributed by atoms with van der Waals surface area (Å²) in [7, 11) is 0. The Morgan fingerprint density at radius 3 is 2.00 bits per heavy atom. The Hall–Kier alpha value is -1.70. The predicted octanol–water partition coefficient (Wildman–Crippen LogP) is -0.563. The lowest BCUT2D eigenvalue weighted by molar-refractivity contribution is -0.127. The van der Waals surface area contributed by atoms with E-state index in [0.29, 0.717) is 12.1 Å². The zero-order valence-corrected chi connectivity index (χ0v) is 13.3. The van der Waals surface area contributed by atoms with Crippen molar-refractivity contribution >= 4 is 11.8 Å². The van der Waals surface area contributed by atoms with Crippen LogP contribution in [0.5, 0.6) is 0 Å². The molecular formula is C15H28N2O5. The smallest absolute Gasteiger partial charge is 0.246 e. The van der Waals surface area contributed by atoms with E-state index in [0.717, 1.165) is 18.9 Å². The molecule has 7 nitrogen and oxygen atoms in total. The minimum Gasteiger partial charge on any atom is -0.396 e. The van der Waals surface area contributed by atoms with Crippen molar-refractivity contribution in [2.24, 2.45) is 0 Å². The van der Waals surface area contributed by atoms with E-state index >= 15 is 0 Å². The second kappa shape index (κ2) is 15.7. The van der Waals surface area contributed by atoms with Gasteiger partial charge in [0.15, 0.2) is 0 Å². The second-order valence-corrected chi connectivity index (χ2v) is 4.44. The maximum atomic E-state index is 10.9. The highest BCUT2D eigenvalue weighted by atomic mass is 16.3. The van der Waals surface area contributed by atoms with Crippen molar-refractivity contribution in [1.82, 2.24) is 10.2 Å². The largest absolute Gasteiger partial charge is 0.396 e. The van der Waals surface area contributed by atoms with Gasteiger partial charge in [-0.25, -0.2) is 0 Å². The fourth-order valence-electron chi connectivity index (χ4n) is 1.29. The third kappa shape index (κ3) is 13.3. The molecule has 0 rings (SSSR count). The van der Waals surface area contributed by atoms with E-state index in [9.17, 15) is 9.59 Å². The molecule has 22 heavy (non-hydrogen) atoms. The van der Waals surface area contributed by atoms with Gasteiger partial charge in [0.2, 0.25) is 11.8 Å². The van der Waals surface area contributed by atoms with Gasteiger partial charge in [-0.15, -0.1) is 0 Å². The lowest BCUT2D eigenvalue weighted by Gasteiger charge is -2.17. The third-order valence-corrected chi connectivity index (χ3v) is 2.48. The summed E-state index contributed by atoms with van der Waals surface area (Å²) in [6, 6.07) is 0. The topological polar surface area (TPSA) is 110 Å². The number of carbonyl (C=O) groups excluding carboxylic acids is 2. The Bertz CT molecular complexity index is 339. The predicted molar refractivity (Wildman–Crippen MR) is 85.1 cm³/mol. The number of amides is 2. The molecule has 0 atom stereocenters. The summed E-state index contributed by atoms with van der Waals surface area (Å²) in [5.41, 5.74) is 0.522. The van der Waals surface area contributed by atoms with Crippen LogP contribution in [0.1, 0.15) is 19.8 Å². The molecule has 0 aliphatic carbocycles. The summed E-state index contributed by atoms with van der Waals surface area (Å²) in [4.78, 5) is 23.0.